The van der Waals surface area contributed by atoms with Crippen molar-refractivity contribution < 1.29 is 14.3 Å². The van der Waals surface area contributed by atoms with Gasteiger partial charge in [-0.1, -0.05) is 12.1 Å². The molecule has 0 spiro atoms. The number of rotatable bonds is 2. The summed E-state index contributed by atoms with van der Waals surface area (Å²) in [6.45, 7) is -0.0304. The molecule has 7 heteroatoms. The average Bonchev–Trinajstić information content (AvgIpc) is 2.47. The number of aromatic nitrogens is 1. The van der Waals surface area contributed by atoms with Gasteiger partial charge in [-0.15, -0.1) is 0 Å². The van der Waals surface area contributed by atoms with E-state index in [1.54, 1.807) is 30.3 Å². The van der Waals surface area contributed by atoms with Crippen LogP contribution >= 0.6 is 15.9 Å². The Balaban J connectivity index is 1.82. The van der Waals surface area contributed by atoms with E-state index in [9.17, 15) is 9.59 Å². The highest BCUT2D eigenvalue weighted by atomic mass is 79.9. The number of amides is 2. The number of pyridine rings is 1. The number of carbonyl (C=O) groups is 2. The van der Waals surface area contributed by atoms with Crippen LogP contribution in [0.2, 0.25) is 0 Å². The molecule has 1 aromatic heterocycles. The van der Waals surface area contributed by atoms with E-state index in [1.807, 2.05) is 6.07 Å². The van der Waals surface area contributed by atoms with Gasteiger partial charge in [0.05, 0.1) is 5.56 Å². The summed E-state index contributed by atoms with van der Waals surface area (Å²) in [5, 5.41) is 5.27. The van der Waals surface area contributed by atoms with E-state index < -0.39 is 0 Å². The van der Waals surface area contributed by atoms with Gasteiger partial charge in [0.2, 0.25) is 0 Å². The van der Waals surface area contributed by atoms with Crippen LogP contribution in [-0.2, 0) is 4.79 Å². The molecule has 0 bridgehead atoms. The van der Waals surface area contributed by atoms with Gasteiger partial charge in [-0.25, -0.2) is 4.98 Å². The molecule has 1 aliphatic heterocycles. The molecule has 0 aliphatic carbocycles. The van der Waals surface area contributed by atoms with Gasteiger partial charge in [0, 0.05) is 4.47 Å². The second kappa shape index (κ2) is 5.53. The molecule has 21 heavy (non-hydrogen) atoms. The molecular weight excluding hydrogens is 338 g/mol. The number of nitrogens with zero attached hydrogens (tertiary/aromatic N) is 1. The zero-order valence-electron chi connectivity index (χ0n) is 10.7. The maximum absolute atomic E-state index is 12.2. The quantitative estimate of drug-likeness (QED) is 0.874. The number of carbonyl (C=O) groups excluding carboxylic acids is 2. The van der Waals surface area contributed by atoms with E-state index in [1.165, 1.54) is 0 Å². The minimum atomic E-state index is -0.294. The Morgan fingerprint density at radius 2 is 2.10 bits per heavy atom. The number of halogens is 1. The van der Waals surface area contributed by atoms with Crippen molar-refractivity contribution in [3.05, 3.63) is 46.4 Å². The number of benzene rings is 1. The predicted octanol–water partition coefficient (Wildman–Crippen LogP) is 2.43. The first-order valence-corrected chi connectivity index (χ1v) is 6.92. The molecule has 1 aliphatic rings. The number of nitrogens with one attached hydrogen (secondary N) is 2. The van der Waals surface area contributed by atoms with Crippen LogP contribution < -0.4 is 15.4 Å². The Kier molecular flexibility index (Phi) is 3.57. The third kappa shape index (κ3) is 2.87. The third-order valence-corrected chi connectivity index (χ3v) is 3.53. The highest BCUT2D eigenvalue weighted by Crippen LogP contribution is 2.27. The summed E-state index contributed by atoms with van der Waals surface area (Å²) in [6.07, 6.45) is 0. The van der Waals surface area contributed by atoms with Crippen molar-refractivity contribution in [3.8, 4) is 5.75 Å². The van der Waals surface area contributed by atoms with Crippen LogP contribution in [0.4, 0.5) is 11.6 Å². The van der Waals surface area contributed by atoms with E-state index in [0.29, 0.717) is 27.4 Å². The van der Waals surface area contributed by atoms with E-state index in [2.05, 4.69) is 31.5 Å². The monoisotopic (exact) mass is 347 g/mol. The molecule has 2 N–H and O–H groups in total. The first-order chi connectivity index (χ1) is 10.1. The molecule has 106 valence electrons. The lowest BCUT2D eigenvalue weighted by Crippen LogP contribution is -2.26. The van der Waals surface area contributed by atoms with E-state index in [0.717, 1.165) is 0 Å². The Hall–Kier alpha value is -2.41. The number of hydrogen-bond donors (Lipinski definition) is 2. The summed E-state index contributed by atoms with van der Waals surface area (Å²) in [7, 11) is 0. The second-order valence-corrected chi connectivity index (χ2v) is 5.17. The van der Waals surface area contributed by atoms with Gasteiger partial charge in [-0.2, -0.15) is 0 Å². The zero-order chi connectivity index (χ0) is 14.8. The van der Waals surface area contributed by atoms with Crippen molar-refractivity contribution in [1.29, 1.82) is 0 Å². The van der Waals surface area contributed by atoms with Crippen molar-refractivity contribution >= 4 is 39.4 Å². The summed E-state index contributed by atoms with van der Waals surface area (Å²) >= 11 is 3.32. The first-order valence-electron chi connectivity index (χ1n) is 6.13. The second-order valence-electron chi connectivity index (χ2n) is 4.31. The normalized spacial score (nSPS) is 12.9. The largest absolute Gasteiger partial charge is 0.480 e. The summed E-state index contributed by atoms with van der Waals surface area (Å²) < 4.78 is 5.90. The van der Waals surface area contributed by atoms with E-state index in [-0.39, 0.29) is 18.4 Å². The summed E-state index contributed by atoms with van der Waals surface area (Å²) in [5.74, 6) is 0.548. The fraction of sp³-hybridized carbons (Fsp3) is 0.0714. The molecule has 0 saturated heterocycles. The average molecular weight is 348 g/mol. The Labute approximate surface area is 128 Å². The third-order valence-electron chi connectivity index (χ3n) is 2.83. The van der Waals surface area contributed by atoms with Crippen LogP contribution in [0.1, 0.15) is 10.4 Å². The van der Waals surface area contributed by atoms with E-state index in [4.69, 9.17) is 4.74 Å². The molecule has 2 heterocycles. The number of anilines is 2. The van der Waals surface area contributed by atoms with Gasteiger partial charge < -0.3 is 15.4 Å². The van der Waals surface area contributed by atoms with Crippen molar-refractivity contribution in [2.75, 3.05) is 17.2 Å². The zero-order valence-corrected chi connectivity index (χ0v) is 12.3. The summed E-state index contributed by atoms with van der Waals surface area (Å²) in [4.78, 5) is 27.6. The van der Waals surface area contributed by atoms with Gasteiger partial charge >= 0.3 is 0 Å². The van der Waals surface area contributed by atoms with E-state index >= 15 is 0 Å². The summed E-state index contributed by atoms with van der Waals surface area (Å²) in [6, 6.07) is 10.3. The first kappa shape index (κ1) is 13.6. The SMILES string of the molecule is O=C1COc2ccc(NC(=O)c3ccccc3Br)nc2N1. The van der Waals surface area contributed by atoms with Crippen LogP contribution in [0.3, 0.4) is 0 Å². The minimum Gasteiger partial charge on any atom is -0.480 e. The molecule has 0 saturated carbocycles. The maximum Gasteiger partial charge on any atom is 0.263 e. The molecule has 1 aromatic carbocycles. The van der Waals surface area contributed by atoms with Crippen LogP contribution in [0.15, 0.2) is 40.9 Å². The highest BCUT2D eigenvalue weighted by Gasteiger charge is 2.18. The fourth-order valence-electron chi connectivity index (χ4n) is 1.86. The number of fused-ring (bicyclic) bond motifs is 1. The van der Waals surface area contributed by atoms with Gasteiger partial charge in [0.25, 0.3) is 11.8 Å². The van der Waals surface area contributed by atoms with Crippen molar-refractivity contribution in [2.24, 2.45) is 0 Å². The molecule has 0 radical (unpaired) electrons. The maximum atomic E-state index is 12.2. The molecule has 6 nitrogen and oxygen atoms in total. The lowest BCUT2D eigenvalue weighted by atomic mass is 10.2. The van der Waals surface area contributed by atoms with Crippen LogP contribution in [-0.4, -0.2) is 23.4 Å². The lowest BCUT2D eigenvalue weighted by Gasteiger charge is -2.17. The topological polar surface area (TPSA) is 80.3 Å². The molecule has 3 rings (SSSR count). The van der Waals surface area contributed by atoms with Crippen LogP contribution in [0, 0.1) is 0 Å². The van der Waals surface area contributed by atoms with Crippen molar-refractivity contribution in [1.82, 2.24) is 4.98 Å². The van der Waals surface area contributed by atoms with Crippen molar-refractivity contribution in [3.63, 3.8) is 0 Å². The van der Waals surface area contributed by atoms with Gasteiger partial charge in [-0.3, -0.25) is 9.59 Å². The lowest BCUT2D eigenvalue weighted by molar-refractivity contribution is -0.118. The fourth-order valence-corrected chi connectivity index (χ4v) is 2.33. The molecule has 0 fully saturated rings. The molecule has 2 aromatic rings. The molecule has 0 unspecified atom stereocenters. The highest BCUT2D eigenvalue weighted by molar-refractivity contribution is 9.10. The van der Waals surface area contributed by atoms with Crippen LogP contribution in [0.25, 0.3) is 0 Å². The summed E-state index contributed by atoms with van der Waals surface area (Å²) in [5.41, 5.74) is 0.498. The van der Waals surface area contributed by atoms with Crippen LogP contribution in [0.5, 0.6) is 5.75 Å². The van der Waals surface area contributed by atoms with Gasteiger partial charge in [-0.05, 0) is 40.2 Å². The standard InChI is InChI=1S/C14H10BrN3O3/c15-9-4-2-1-3-8(9)14(20)17-11-6-5-10-13(16-11)18-12(19)7-21-10/h1-6H,7H2,(H2,16,17,18,19,20). The predicted molar refractivity (Wildman–Crippen MR) is 80.5 cm³/mol. The van der Waals surface area contributed by atoms with Gasteiger partial charge in [0.1, 0.15) is 5.82 Å². The molecular formula is C14H10BrN3O3. The van der Waals surface area contributed by atoms with Gasteiger partial charge in [0.15, 0.2) is 18.2 Å². The Morgan fingerprint density at radius 3 is 2.90 bits per heavy atom. The molecule has 0 atom stereocenters. The number of ether oxygens (including phenoxy) is 1. The Morgan fingerprint density at radius 1 is 1.29 bits per heavy atom. The molecule has 2 amide bonds. The van der Waals surface area contributed by atoms with Crippen molar-refractivity contribution in [2.45, 2.75) is 0 Å². The minimum absolute atomic E-state index is 0.0304. The Bertz CT molecular complexity index is 733. The smallest absolute Gasteiger partial charge is 0.263 e. The number of hydrogen-bond acceptors (Lipinski definition) is 4.